The van der Waals surface area contributed by atoms with Crippen molar-refractivity contribution in [3.05, 3.63) is 0 Å². The minimum Gasteiger partial charge on any atom is -0.481 e. The minimum atomic E-state index is -0.529. The normalized spacial score (nSPS) is 48.6. The molecule has 0 aromatic rings. The number of aliphatic carboxylic acids is 1. The van der Waals surface area contributed by atoms with Gasteiger partial charge < -0.3 is 5.11 Å². The highest BCUT2D eigenvalue weighted by Crippen LogP contribution is 2.57. The van der Waals surface area contributed by atoms with Gasteiger partial charge in [-0.25, -0.2) is 0 Å². The van der Waals surface area contributed by atoms with E-state index in [1.54, 1.807) is 0 Å². The summed E-state index contributed by atoms with van der Waals surface area (Å²) in [6, 6.07) is 0. The second-order valence-electron chi connectivity index (χ2n) is 10.00. The van der Waals surface area contributed by atoms with E-state index in [9.17, 15) is 9.90 Å². The molecule has 0 aromatic heterocycles. The molecule has 1 N–H and O–H groups in total. The molecule has 0 spiro atoms. The Hall–Kier alpha value is -0.530. The maximum atomic E-state index is 11.5. The molecule has 4 rings (SSSR count). The number of fused-ring (bicyclic) bond motifs is 2. The van der Waals surface area contributed by atoms with Crippen LogP contribution in [0.2, 0.25) is 0 Å². The molecule has 2 nitrogen and oxygen atoms in total. The predicted octanol–water partition coefficient (Wildman–Crippen LogP) is 6.00. The highest BCUT2D eigenvalue weighted by Gasteiger charge is 2.50. The average molecular weight is 347 g/mol. The predicted molar refractivity (Wildman–Crippen MR) is 101 cm³/mol. The fourth-order valence-electron chi connectivity index (χ4n) is 8.08. The molecule has 2 heteroatoms. The average Bonchev–Trinajstić information content (AvgIpc) is 3.33. The molecule has 0 saturated heterocycles. The van der Waals surface area contributed by atoms with E-state index in [1.165, 1.54) is 57.8 Å². The van der Waals surface area contributed by atoms with Crippen LogP contribution in [-0.2, 0) is 4.79 Å². The second kappa shape index (κ2) is 7.24. The van der Waals surface area contributed by atoms with Crippen molar-refractivity contribution in [1.82, 2.24) is 0 Å². The lowest BCUT2D eigenvalue weighted by atomic mass is 9.82. The molecule has 0 radical (unpaired) electrons. The number of carboxylic acid groups (broad SMARTS) is 1. The van der Waals surface area contributed by atoms with Crippen molar-refractivity contribution >= 4 is 5.97 Å². The van der Waals surface area contributed by atoms with Gasteiger partial charge in [-0.15, -0.1) is 0 Å². The van der Waals surface area contributed by atoms with Gasteiger partial charge in [-0.1, -0.05) is 33.1 Å². The van der Waals surface area contributed by atoms with Gasteiger partial charge in [-0.3, -0.25) is 4.79 Å². The van der Waals surface area contributed by atoms with Gasteiger partial charge in [0.2, 0.25) is 0 Å². The first-order chi connectivity index (χ1) is 12.1. The van der Waals surface area contributed by atoms with Crippen molar-refractivity contribution in [2.45, 2.75) is 84.5 Å². The lowest BCUT2D eigenvalue weighted by molar-refractivity contribution is -0.141. The van der Waals surface area contributed by atoms with Crippen LogP contribution in [0.25, 0.3) is 0 Å². The van der Waals surface area contributed by atoms with Gasteiger partial charge in [0.1, 0.15) is 0 Å². The van der Waals surface area contributed by atoms with Gasteiger partial charge in [-0.05, 0) is 98.7 Å². The van der Waals surface area contributed by atoms with Crippen LogP contribution in [0.1, 0.15) is 84.5 Å². The van der Waals surface area contributed by atoms with E-state index < -0.39 is 5.97 Å². The van der Waals surface area contributed by atoms with Crippen LogP contribution in [-0.4, -0.2) is 11.1 Å². The van der Waals surface area contributed by atoms with Crippen molar-refractivity contribution in [2.24, 2.45) is 53.3 Å². The summed E-state index contributed by atoms with van der Waals surface area (Å²) in [5.41, 5.74) is 0. The maximum Gasteiger partial charge on any atom is 0.306 e. The Morgan fingerprint density at radius 3 is 1.80 bits per heavy atom. The van der Waals surface area contributed by atoms with Gasteiger partial charge in [0.25, 0.3) is 0 Å². The zero-order chi connectivity index (χ0) is 17.6. The SMILES string of the molecule is CCC1CC(CCC2CC(CC)C3CC(C(=O)O)CC23)C2CCCC12. The lowest BCUT2D eigenvalue weighted by Gasteiger charge is -2.23. The third kappa shape index (κ3) is 3.16. The van der Waals surface area contributed by atoms with Gasteiger partial charge >= 0.3 is 5.97 Å². The van der Waals surface area contributed by atoms with Crippen LogP contribution in [0.4, 0.5) is 0 Å². The molecule has 0 amide bonds. The summed E-state index contributed by atoms with van der Waals surface area (Å²) in [7, 11) is 0. The van der Waals surface area contributed by atoms with E-state index in [1.807, 2.05) is 0 Å². The molecule has 0 aromatic carbocycles. The van der Waals surface area contributed by atoms with Crippen LogP contribution < -0.4 is 0 Å². The lowest BCUT2D eigenvalue weighted by Crippen LogP contribution is -2.16. The van der Waals surface area contributed by atoms with E-state index in [0.717, 1.165) is 60.2 Å². The summed E-state index contributed by atoms with van der Waals surface area (Å²) >= 11 is 0. The number of carbonyl (C=O) groups is 1. The monoisotopic (exact) mass is 346 g/mol. The van der Waals surface area contributed by atoms with Gasteiger partial charge in [0.15, 0.2) is 0 Å². The van der Waals surface area contributed by atoms with Crippen LogP contribution >= 0.6 is 0 Å². The molecule has 0 heterocycles. The van der Waals surface area contributed by atoms with E-state index in [4.69, 9.17) is 0 Å². The Kier molecular flexibility index (Phi) is 5.17. The largest absolute Gasteiger partial charge is 0.481 e. The first-order valence-electron chi connectivity index (χ1n) is 11.3. The smallest absolute Gasteiger partial charge is 0.306 e. The number of carboxylic acids is 1. The highest BCUT2D eigenvalue weighted by atomic mass is 16.4. The topological polar surface area (TPSA) is 37.3 Å². The molecule has 9 unspecified atom stereocenters. The Labute approximate surface area is 154 Å². The Morgan fingerprint density at radius 1 is 0.760 bits per heavy atom. The summed E-state index contributed by atoms with van der Waals surface area (Å²) in [6.45, 7) is 4.73. The van der Waals surface area contributed by atoms with Crippen molar-refractivity contribution in [1.29, 1.82) is 0 Å². The summed E-state index contributed by atoms with van der Waals surface area (Å²) in [5.74, 6) is 6.63. The zero-order valence-corrected chi connectivity index (χ0v) is 16.3. The molecule has 4 fully saturated rings. The van der Waals surface area contributed by atoms with E-state index >= 15 is 0 Å². The molecule has 0 bridgehead atoms. The Balaban J connectivity index is 1.37. The molecule has 4 aliphatic rings. The van der Waals surface area contributed by atoms with Crippen LogP contribution in [0.5, 0.6) is 0 Å². The van der Waals surface area contributed by atoms with Crippen molar-refractivity contribution < 1.29 is 9.90 Å². The molecule has 4 saturated carbocycles. The van der Waals surface area contributed by atoms with Crippen LogP contribution in [0.15, 0.2) is 0 Å². The molecule has 142 valence electrons. The zero-order valence-electron chi connectivity index (χ0n) is 16.3. The first-order valence-corrected chi connectivity index (χ1v) is 11.3. The summed E-state index contributed by atoms with van der Waals surface area (Å²) in [4.78, 5) is 11.5. The third-order valence-electron chi connectivity index (χ3n) is 9.23. The molecule has 25 heavy (non-hydrogen) atoms. The first kappa shape index (κ1) is 17.9. The minimum absolute atomic E-state index is 0.0398. The highest BCUT2D eigenvalue weighted by molar-refractivity contribution is 5.70. The van der Waals surface area contributed by atoms with Crippen molar-refractivity contribution in [3.8, 4) is 0 Å². The maximum absolute atomic E-state index is 11.5. The Morgan fingerprint density at radius 2 is 1.24 bits per heavy atom. The van der Waals surface area contributed by atoms with Crippen molar-refractivity contribution in [2.75, 3.05) is 0 Å². The van der Waals surface area contributed by atoms with Gasteiger partial charge in [-0.2, -0.15) is 0 Å². The molecule has 9 atom stereocenters. The fraction of sp³-hybridized carbons (Fsp3) is 0.957. The van der Waals surface area contributed by atoms with E-state index in [-0.39, 0.29) is 5.92 Å². The molecular weight excluding hydrogens is 308 g/mol. The van der Waals surface area contributed by atoms with E-state index in [0.29, 0.717) is 0 Å². The molecular formula is C23H38O2. The fourth-order valence-corrected chi connectivity index (χ4v) is 8.08. The third-order valence-corrected chi connectivity index (χ3v) is 9.23. The number of hydrogen-bond acceptors (Lipinski definition) is 1. The number of rotatable bonds is 6. The standard InChI is InChI=1S/C23H38O2/c1-3-14-10-16(20-7-5-6-19(14)20)8-9-17-11-15(4-2)21-12-18(23(24)25)13-22(17)21/h14-22H,3-13H2,1-2H3,(H,24,25). The second-order valence-corrected chi connectivity index (χ2v) is 10.00. The van der Waals surface area contributed by atoms with Gasteiger partial charge in [0.05, 0.1) is 5.92 Å². The summed E-state index contributed by atoms with van der Waals surface area (Å²) < 4.78 is 0. The number of hydrogen-bond donors (Lipinski definition) is 1. The van der Waals surface area contributed by atoms with Crippen LogP contribution in [0, 0.1) is 53.3 Å². The van der Waals surface area contributed by atoms with Crippen LogP contribution in [0.3, 0.4) is 0 Å². The van der Waals surface area contributed by atoms with Gasteiger partial charge in [0, 0.05) is 0 Å². The summed E-state index contributed by atoms with van der Waals surface area (Å²) in [5, 5.41) is 9.48. The summed E-state index contributed by atoms with van der Waals surface area (Å²) in [6.07, 6.45) is 14.8. The Bertz CT molecular complexity index is 486. The molecule has 0 aliphatic heterocycles. The van der Waals surface area contributed by atoms with Crippen molar-refractivity contribution in [3.63, 3.8) is 0 Å². The van der Waals surface area contributed by atoms with E-state index in [2.05, 4.69) is 13.8 Å². The quantitative estimate of drug-likeness (QED) is 0.640. The molecule has 4 aliphatic carbocycles.